The number of carbonyl (C=O) groups is 2. The predicted molar refractivity (Wildman–Crippen MR) is 97.8 cm³/mol. The van der Waals surface area contributed by atoms with Crippen LogP contribution in [0.25, 0.3) is 11.0 Å². The van der Waals surface area contributed by atoms with Gasteiger partial charge in [0.1, 0.15) is 11.3 Å². The molecule has 2 amide bonds. The van der Waals surface area contributed by atoms with Gasteiger partial charge in [0.2, 0.25) is 0 Å². The number of likely N-dealkylation sites (tertiary alicyclic amines) is 1. The molecule has 7 nitrogen and oxygen atoms in total. The quantitative estimate of drug-likeness (QED) is 0.894. The maximum atomic E-state index is 12.7. The van der Waals surface area contributed by atoms with Crippen LogP contribution >= 0.6 is 0 Å². The molecule has 3 rings (SSSR count). The van der Waals surface area contributed by atoms with Gasteiger partial charge in [-0.2, -0.15) is 0 Å². The summed E-state index contributed by atoms with van der Waals surface area (Å²) in [6, 6.07) is 7.48. The Kier molecular flexibility index (Phi) is 5.06. The fraction of sp³-hybridized carbons (Fsp3) is 0.474. The van der Waals surface area contributed by atoms with E-state index in [2.05, 4.69) is 15.3 Å². The molecule has 0 spiro atoms. The van der Waals surface area contributed by atoms with Gasteiger partial charge in [-0.3, -0.25) is 9.78 Å². The minimum Gasteiger partial charge on any atom is -0.444 e. The molecule has 1 aliphatic heterocycles. The normalized spacial score (nSPS) is 15.7. The minimum atomic E-state index is -0.518. The molecule has 1 aromatic heterocycles. The summed E-state index contributed by atoms with van der Waals surface area (Å²) in [5.41, 5.74) is 1.31. The SMILES string of the molecule is CC(C)(C)OC(=O)NC1CCN(C(=O)c2cnc3ccccc3n2)CC1. The lowest BCUT2D eigenvalue weighted by Gasteiger charge is -2.32. The lowest BCUT2D eigenvalue weighted by molar-refractivity contribution is 0.0473. The third kappa shape index (κ3) is 4.47. The Bertz CT molecular complexity index is 808. The summed E-state index contributed by atoms with van der Waals surface area (Å²) in [5.74, 6) is -0.126. The molecular formula is C19H24N4O3. The van der Waals surface area contributed by atoms with Crippen molar-refractivity contribution in [1.29, 1.82) is 0 Å². The monoisotopic (exact) mass is 356 g/mol. The number of nitrogens with zero attached hydrogens (tertiary/aromatic N) is 3. The summed E-state index contributed by atoms with van der Waals surface area (Å²) in [5, 5.41) is 2.87. The first kappa shape index (κ1) is 18.1. The topological polar surface area (TPSA) is 84.4 Å². The van der Waals surface area contributed by atoms with E-state index in [0.29, 0.717) is 37.1 Å². The van der Waals surface area contributed by atoms with Crippen molar-refractivity contribution in [3.63, 3.8) is 0 Å². The smallest absolute Gasteiger partial charge is 0.407 e. The van der Waals surface area contributed by atoms with Crippen molar-refractivity contribution < 1.29 is 14.3 Å². The molecule has 0 radical (unpaired) electrons. The van der Waals surface area contributed by atoms with Gasteiger partial charge in [-0.05, 0) is 45.7 Å². The maximum Gasteiger partial charge on any atom is 0.407 e. The van der Waals surface area contributed by atoms with Gasteiger partial charge < -0.3 is 15.0 Å². The number of hydrogen-bond donors (Lipinski definition) is 1. The van der Waals surface area contributed by atoms with Gasteiger partial charge in [-0.15, -0.1) is 0 Å². The van der Waals surface area contributed by atoms with E-state index in [9.17, 15) is 9.59 Å². The van der Waals surface area contributed by atoms with Gasteiger partial charge in [0.25, 0.3) is 5.91 Å². The maximum absolute atomic E-state index is 12.7. The van der Waals surface area contributed by atoms with E-state index < -0.39 is 11.7 Å². The summed E-state index contributed by atoms with van der Waals surface area (Å²) in [6.07, 6.45) is 2.48. The number of rotatable bonds is 2. The van der Waals surface area contributed by atoms with Crippen LogP contribution in [0, 0.1) is 0 Å². The molecule has 1 aromatic carbocycles. The van der Waals surface area contributed by atoms with Crippen molar-refractivity contribution in [3.05, 3.63) is 36.2 Å². The van der Waals surface area contributed by atoms with Crippen LogP contribution in [0.1, 0.15) is 44.1 Å². The second-order valence-electron chi connectivity index (χ2n) is 7.46. The van der Waals surface area contributed by atoms with Crippen molar-refractivity contribution in [1.82, 2.24) is 20.2 Å². The highest BCUT2D eigenvalue weighted by atomic mass is 16.6. The first-order valence-corrected chi connectivity index (χ1v) is 8.82. The number of carbonyl (C=O) groups excluding carboxylic acids is 2. The molecule has 26 heavy (non-hydrogen) atoms. The molecule has 2 heterocycles. The molecule has 138 valence electrons. The van der Waals surface area contributed by atoms with E-state index in [1.807, 2.05) is 45.0 Å². The van der Waals surface area contributed by atoms with Gasteiger partial charge in [0, 0.05) is 19.1 Å². The number of fused-ring (bicyclic) bond motifs is 1. The van der Waals surface area contributed by atoms with Gasteiger partial charge in [-0.25, -0.2) is 9.78 Å². The van der Waals surface area contributed by atoms with Crippen LogP contribution in [0.3, 0.4) is 0 Å². The van der Waals surface area contributed by atoms with Crippen LogP contribution in [-0.4, -0.2) is 51.6 Å². The highest BCUT2D eigenvalue weighted by Crippen LogP contribution is 2.16. The fourth-order valence-electron chi connectivity index (χ4n) is 2.92. The number of benzene rings is 1. The van der Waals surface area contributed by atoms with E-state index in [-0.39, 0.29) is 11.9 Å². The van der Waals surface area contributed by atoms with Gasteiger partial charge in [0.05, 0.1) is 17.2 Å². The molecule has 0 atom stereocenters. The standard InChI is InChI=1S/C19H24N4O3/c1-19(2,3)26-18(25)21-13-8-10-23(11-9-13)17(24)16-12-20-14-6-4-5-7-15(14)22-16/h4-7,12-13H,8-11H2,1-3H3,(H,21,25). The number of amides is 2. The molecular weight excluding hydrogens is 332 g/mol. The van der Waals surface area contributed by atoms with Crippen molar-refractivity contribution in [3.8, 4) is 0 Å². The fourth-order valence-corrected chi connectivity index (χ4v) is 2.92. The zero-order chi connectivity index (χ0) is 18.7. The second-order valence-corrected chi connectivity index (χ2v) is 7.46. The Labute approximate surface area is 152 Å². The molecule has 0 bridgehead atoms. The number of aromatic nitrogens is 2. The van der Waals surface area contributed by atoms with E-state index >= 15 is 0 Å². The zero-order valence-corrected chi connectivity index (χ0v) is 15.4. The van der Waals surface area contributed by atoms with Crippen LogP contribution in [0.5, 0.6) is 0 Å². The number of alkyl carbamates (subject to hydrolysis) is 1. The van der Waals surface area contributed by atoms with Gasteiger partial charge in [-0.1, -0.05) is 12.1 Å². The average Bonchev–Trinajstić information content (AvgIpc) is 2.59. The number of para-hydroxylation sites is 2. The number of hydrogen-bond acceptors (Lipinski definition) is 5. The summed E-state index contributed by atoms with van der Waals surface area (Å²) >= 11 is 0. The molecule has 1 aliphatic rings. The molecule has 0 aliphatic carbocycles. The number of ether oxygens (including phenoxy) is 1. The summed E-state index contributed by atoms with van der Waals surface area (Å²) in [6.45, 7) is 6.62. The van der Waals surface area contributed by atoms with Crippen molar-refractivity contribution in [2.75, 3.05) is 13.1 Å². The summed E-state index contributed by atoms with van der Waals surface area (Å²) in [4.78, 5) is 35.0. The van der Waals surface area contributed by atoms with E-state index in [4.69, 9.17) is 4.74 Å². The molecule has 0 unspecified atom stereocenters. The predicted octanol–water partition coefficient (Wildman–Crippen LogP) is 2.76. The minimum absolute atomic E-state index is 0.0107. The van der Waals surface area contributed by atoms with Gasteiger partial charge in [0.15, 0.2) is 0 Å². The largest absolute Gasteiger partial charge is 0.444 e. The lowest BCUT2D eigenvalue weighted by Crippen LogP contribution is -2.47. The van der Waals surface area contributed by atoms with Crippen LogP contribution in [0.4, 0.5) is 4.79 Å². The Morgan fingerprint density at radius 2 is 1.81 bits per heavy atom. The van der Waals surface area contributed by atoms with E-state index in [0.717, 1.165) is 5.52 Å². The Hall–Kier alpha value is -2.70. The number of nitrogens with one attached hydrogen (secondary N) is 1. The third-order valence-electron chi connectivity index (χ3n) is 4.17. The molecule has 0 saturated carbocycles. The lowest BCUT2D eigenvalue weighted by atomic mass is 10.0. The molecule has 7 heteroatoms. The van der Waals surface area contributed by atoms with E-state index in [1.54, 1.807) is 4.90 Å². The Morgan fingerprint density at radius 3 is 2.46 bits per heavy atom. The Balaban J connectivity index is 1.57. The summed E-state index contributed by atoms with van der Waals surface area (Å²) < 4.78 is 5.28. The second kappa shape index (κ2) is 7.27. The first-order valence-electron chi connectivity index (χ1n) is 8.82. The van der Waals surface area contributed by atoms with Crippen LogP contribution in [-0.2, 0) is 4.74 Å². The van der Waals surface area contributed by atoms with Crippen molar-refractivity contribution in [2.45, 2.75) is 45.3 Å². The van der Waals surface area contributed by atoms with Crippen molar-refractivity contribution >= 4 is 23.0 Å². The number of piperidine rings is 1. The molecule has 1 saturated heterocycles. The van der Waals surface area contributed by atoms with Crippen LogP contribution in [0.15, 0.2) is 30.5 Å². The molecule has 2 aromatic rings. The molecule has 1 N–H and O–H groups in total. The average molecular weight is 356 g/mol. The van der Waals surface area contributed by atoms with Crippen molar-refractivity contribution in [2.24, 2.45) is 0 Å². The van der Waals surface area contributed by atoms with Crippen LogP contribution in [0.2, 0.25) is 0 Å². The summed E-state index contributed by atoms with van der Waals surface area (Å²) in [7, 11) is 0. The molecule has 1 fully saturated rings. The first-order chi connectivity index (χ1) is 12.3. The highest BCUT2D eigenvalue weighted by Gasteiger charge is 2.27. The van der Waals surface area contributed by atoms with Gasteiger partial charge >= 0.3 is 6.09 Å². The van der Waals surface area contributed by atoms with E-state index in [1.165, 1.54) is 6.20 Å². The third-order valence-corrected chi connectivity index (χ3v) is 4.17. The Morgan fingerprint density at radius 1 is 1.15 bits per heavy atom. The van der Waals surface area contributed by atoms with Crippen LogP contribution < -0.4 is 5.32 Å². The zero-order valence-electron chi connectivity index (χ0n) is 15.4. The highest BCUT2D eigenvalue weighted by molar-refractivity contribution is 5.93.